The Morgan fingerprint density at radius 3 is 2.86 bits per heavy atom. The lowest BCUT2D eigenvalue weighted by atomic mass is 9.96. The van der Waals surface area contributed by atoms with E-state index in [1.165, 1.54) is 32.1 Å². The standard InChI is InChI=1S/C15H27N5O/c1-4-6-12-7-5-9-20(10-8-12)15-13(14(16)18-21)11(2)17-19(15)3/h12,21H,4-10H2,1-3H3,(H2,16,18). The molecule has 1 atom stereocenters. The van der Waals surface area contributed by atoms with Gasteiger partial charge in [-0.2, -0.15) is 5.10 Å². The van der Waals surface area contributed by atoms with Crippen LogP contribution in [0.2, 0.25) is 0 Å². The van der Waals surface area contributed by atoms with E-state index in [1.807, 2.05) is 18.7 Å². The Labute approximate surface area is 126 Å². The van der Waals surface area contributed by atoms with E-state index in [2.05, 4.69) is 22.1 Å². The van der Waals surface area contributed by atoms with Gasteiger partial charge < -0.3 is 15.8 Å². The van der Waals surface area contributed by atoms with E-state index in [4.69, 9.17) is 10.9 Å². The lowest BCUT2D eigenvalue weighted by molar-refractivity contribution is 0.318. The highest BCUT2D eigenvalue weighted by Gasteiger charge is 2.24. The molecule has 6 heteroatoms. The SMILES string of the molecule is CCCC1CCCN(c2c(C(N)=NO)c(C)nn2C)CC1. The number of amidine groups is 1. The van der Waals surface area contributed by atoms with Gasteiger partial charge in [-0.25, -0.2) is 0 Å². The number of aryl methyl sites for hydroxylation is 2. The number of aromatic nitrogens is 2. The van der Waals surface area contributed by atoms with Gasteiger partial charge >= 0.3 is 0 Å². The molecule has 2 rings (SSSR count). The Hall–Kier alpha value is -1.72. The molecular weight excluding hydrogens is 266 g/mol. The van der Waals surface area contributed by atoms with Crippen LogP contribution in [-0.4, -0.2) is 33.9 Å². The predicted molar refractivity (Wildman–Crippen MR) is 84.9 cm³/mol. The lowest BCUT2D eigenvalue weighted by Gasteiger charge is -2.24. The van der Waals surface area contributed by atoms with E-state index in [1.54, 1.807) is 0 Å². The quantitative estimate of drug-likeness (QED) is 0.386. The number of anilines is 1. The Bertz CT molecular complexity index is 508. The van der Waals surface area contributed by atoms with Crippen molar-refractivity contribution in [1.82, 2.24) is 9.78 Å². The van der Waals surface area contributed by atoms with Crippen LogP contribution in [0, 0.1) is 12.8 Å². The summed E-state index contributed by atoms with van der Waals surface area (Å²) in [5.41, 5.74) is 7.41. The van der Waals surface area contributed by atoms with Crippen LogP contribution in [0.5, 0.6) is 0 Å². The van der Waals surface area contributed by atoms with Crippen molar-refractivity contribution < 1.29 is 5.21 Å². The molecule has 118 valence electrons. The molecular formula is C15H27N5O. The zero-order chi connectivity index (χ0) is 15.4. The van der Waals surface area contributed by atoms with Gasteiger partial charge in [0.2, 0.25) is 0 Å². The molecule has 2 heterocycles. The average molecular weight is 293 g/mol. The fourth-order valence-corrected chi connectivity index (χ4v) is 3.43. The summed E-state index contributed by atoms with van der Waals surface area (Å²) in [5, 5.41) is 16.6. The Balaban J connectivity index is 2.25. The van der Waals surface area contributed by atoms with Crippen LogP contribution in [0.4, 0.5) is 5.82 Å². The zero-order valence-corrected chi connectivity index (χ0v) is 13.3. The van der Waals surface area contributed by atoms with Crippen molar-refractivity contribution in [2.45, 2.75) is 46.0 Å². The summed E-state index contributed by atoms with van der Waals surface area (Å²) in [4.78, 5) is 2.34. The van der Waals surface area contributed by atoms with Crippen LogP contribution in [0.1, 0.15) is 50.3 Å². The molecule has 0 bridgehead atoms. The summed E-state index contributed by atoms with van der Waals surface area (Å²) in [5.74, 6) is 1.94. The van der Waals surface area contributed by atoms with Gasteiger partial charge in [0, 0.05) is 20.1 Å². The van der Waals surface area contributed by atoms with Gasteiger partial charge in [0.15, 0.2) is 5.84 Å². The third-order valence-corrected chi connectivity index (χ3v) is 4.40. The number of nitrogens with two attached hydrogens (primary N) is 1. The lowest BCUT2D eigenvalue weighted by Crippen LogP contribution is -2.29. The van der Waals surface area contributed by atoms with Gasteiger partial charge in [-0.15, -0.1) is 0 Å². The minimum absolute atomic E-state index is 0.143. The fourth-order valence-electron chi connectivity index (χ4n) is 3.43. The number of nitrogens with zero attached hydrogens (tertiary/aromatic N) is 4. The van der Waals surface area contributed by atoms with Crippen molar-refractivity contribution in [3.63, 3.8) is 0 Å². The first-order valence-electron chi connectivity index (χ1n) is 7.84. The third-order valence-electron chi connectivity index (χ3n) is 4.40. The highest BCUT2D eigenvalue weighted by molar-refractivity contribution is 6.02. The highest BCUT2D eigenvalue weighted by atomic mass is 16.4. The first-order chi connectivity index (χ1) is 10.1. The minimum atomic E-state index is 0.143. The summed E-state index contributed by atoms with van der Waals surface area (Å²) in [6, 6.07) is 0. The summed E-state index contributed by atoms with van der Waals surface area (Å²) >= 11 is 0. The number of rotatable bonds is 4. The number of hydrogen-bond donors (Lipinski definition) is 2. The van der Waals surface area contributed by atoms with Crippen molar-refractivity contribution in [3.05, 3.63) is 11.3 Å². The molecule has 1 aromatic rings. The number of hydrogen-bond acceptors (Lipinski definition) is 4. The van der Waals surface area contributed by atoms with E-state index in [9.17, 15) is 0 Å². The van der Waals surface area contributed by atoms with Crippen LogP contribution in [0.15, 0.2) is 5.16 Å². The van der Waals surface area contributed by atoms with Crippen molar-refractivity contribution in [2.75, 3.05) is 18.0 Å². The molecule has 3 N–H and O–H groups in total. The topological polar surface area (TPSA) is 79.7 Å². The molecule has 6 nitrogen and oxygen atoms in total. The van der Waals surface area contributed by atoms with Crippen molar-refractivity contribution in [3.8, 4) is 0 Å². The van der Waals surface area contributed by atoms with Gasteiger partial charge in [-0.1, -0.05) is 24.9 Å². The van der Waals surface area contributed by atoms with Crippen LogP contribution >= 0.6 is 0 Å². The summed E-state index contributed by atoms with van der Waals surface area (Å²) in [6.45, 7) is 6.17. The van der Waals surface area contributed by atoms with Crippen LogP contribution < -0.4 is 10.6 Å². The van der Waals surface area contributed by atoms with Crippen LogP contribution in [-0.2, 0) is 7.05 Å². The molecule has 0 amide bonds. The Kier molecular flexibility index (Phi) is 5.09. The third kappa shape index (κ3) is 3.31. The molecule has 1 fully saturated rings. The molecule has 0 radical (unpaired) electrons. The van der Waals surface area contributed by atoms with E-state index >= 15 is 0 Å². The monoisotopic (exact) mass is 293 g/mol. The summed E-state index contributed by atoms with van der Waals surface area (Å²) < 4.78 is 1.85. The van der Waals surface area contributed by atoms with Crippen LogP contribution in [0.3, 0.4) is 0 Å². The highest BCUT2D eigenvalue weighted by Crippen LogP contribution is 2.28. The summed E-state index contributed by atoms with van der Waals surface area (Å²) in [7, 11) is 1.92. The predicted octanol–water partition coefficient (Wildman–Crippen LogP) is 2.23. The number of oxime groups is 1. The van der Waals surface area contributed by atoms with Gasteiger partial charge in [-0.05, 0) is 32.1 Å². The molecule has 1 saturated heterocycles. The normalized spacial score (nSPS) is 20.6. The van der Waals surface area contributed by atoms with E-state index in [0.717, 1.165) is 36.1 Å². The maximum Gasteiger partial charge on any atom is 0.175 e. The van der Waals surface area contributed by atoms with Gasteiger partial charge in [0.25, 0.3) is 0 Å². The minimum Gasteiger partial charge on any atom is -0.409 e. The smallest absolute Gasteiger partial charge is 0.175 e. The first kappa shape index (κ1) is 15.7. The molecule has 0 aliphatic carbocycles. The molecule has 1 aliphatic rings. The second-order valence-corrected chi connectivity index (χ2v) is 5.97. The van der Waals surface area contributed by atoms with Gasteiger partial charge in [0.1, 0.15) is 5.82 Å². The Morgan fingerprint density at radius 2 is 2.19 bits per heavy atom. The largest absolute Gasteiger partial charge is 0.409 e. The van der Waals surface area contributed by atoms with E-state index < -0.39 is 0 Å². The van der Waals surface area contributed by atoms with E-state index in [0.29, 0.717) is 0 Å². The average Bonchev–Trinajstić information content (AvgIpc) is 2.64. The van der Waals surface area contributed by atoms with Gasteiger partial charge in [0.05, 0.1) is 11.3 Å². The van der Waals surface area contributed by atoms with Crippen molar-refractivity contribution in [2.24, 2.45) is 23.9 Å². The molecule has 1 unspecified atom stereocenters. The molecule has 1 aliphatic heterocycles. The molecule has 0 aromatic carbocycles. The summed E-state index contributed by atoms with van der Waals surface area (Å²) in [6.07, 6.45) is 6.24. The molecule has 0 spiro atoms. The fraction of sp³-hybridized carbons (Fsp3) is 0.733. The van der Waals surface area contributed by atoms with Crippen molar-refractivity contribution in [1.29, 1.82) is 0 Å². The molecule has 21 heavy (non-hydrogen) atoms. The second kappa shape index (κ2) is 6.83. The maximum absolute atomic E-state index is 9.02. The van der Waals surface area contributed by atoms with Crippen molar-refractivity contribution >= 4 is 11.7 Å². The first-order valence-corrected chi connectivity index (χ1v) is 7.84. The van der Waals surface area contributed by atoms with Gasteiger partial charge in [-0.3, -0.25) is 4.68 Å². The zero-order valence-electron chi connectivity index (χ0n) is 13.3. The van der Waals surface area contributed by atoms with E-state index in [-0.39, 0.29) is 5.84 Å². The van der Waals surface area contributed by atoms with Crippen LogP contribution in [0.25, 0.3) is 0 Å². The second-order valence-electron chi connectivity index (χ2n) is 5.97. The molecule has 1 aromatic heterocycles. The maximum atomic E-state index is 9.02. The Morgan fingerprint density at radius 1 is 1.43 bits per heavy atom. The molecule has 0 saturated carbocycles.